The maximum atomic E-state index is 6.86. The van der Waals surface area contributed by atoms with Gasteiger partial charge >= 0.3 is 0 Å². The largest absolute Gasteiger partial charge is 0.455 e. The fourth-order valence-electron chi connectivity index (χ4n) is 9.06. The Morgan fingerprint density at radius 1 is 0.356 bits per heavy atom. The number of benzene rings is 10. The van der Waals surface area contributed by atoms with Crippen LogP contribution in [0.4, 0.5) is 17.1 Å². The van der Waals surface area contributed by atoms with Crippen molar-refractivity contribution in [3.63, 3.8) is 0 Å². The van der Waals surface area contributed by atoms with Gasteiger partial charge in [-0.3, -0.25) is 0 Å². The molecule has 10 aromatic carbocycles. The normalized spacial score (nSPS) is 11.7. The van der Waals surface area contributed by atoms with Crippen molar-refractivity contribution in [1.29, 1.82) is 0 Å². The van der Waals surface area contributed by atoms with E-state index in [0.29, 0.717) is 0 Å². The first-order valence-electron chi connectivity index (χ1n) is 20.1. The molecule has 0 amide bonds. The van der Waals surface area contributed by atoms with Gasteiger partial charge in [0, 0.05) is 42.5 Å². The first kappa shape index (κ1) is 33.7. The third kappa shape index (κ3) is 5.55. The number of hydrogen-bond acceptors (Lipinski definition) is 3. The lowest BCUT2D eigenvalue weighted by atomic mass is 9.96. The number of rotatable bonds is 6. The van der Waals surface area contributed by atoms with Crippen LogP contribution in [-0.2, 0) is 0 Å². The summed E-state index contributed by atoms with van der Waals surface area (Å²) >= 11 is 1.86. The second kappa shape index (κ2) is 13.6. The maximum absolute atomic E-state index is 6.86. The van der Waals surface area contributed by atoms with Crippen molar-refractivity contribution >= 4 is 92.1 Å². The van der Waals surface area contributed by atoms with E-state index in [-0.39, 0.29) is 0 Å². The van der Waals surface area contributed by atoms with Gasteiger partial charge in [-0.05, 0) is 104 Å². The van der Waals surface area contributed by atoms with Crippen LogP contribution in [0.2, 0.25) is 0 Å². The molecule has 0 unspecified atom stereocenters. The molecule has 12 aromatic rings. The summed E-state index contributed by atoms with van der Waals surface area (Å²) in [6.07, 6.45) is 0. The minimum absolute atomic E-state index is 0.869. The molecule has 0 saturated heterocycles. The predicted molar refractivity (Wildman–Crippen MR) is 253 cm³/mol. The van der Waals surface area contributed by atoms with Crippen LogP contribution in [-0.4, -0.2) is 0 Å². The summed E-state index contributed by atoms with van der Waals surface area (Å²) in [5.41, 5.74) is 12.0. The summed E-state index contributed by atoms with van der Waals surface area (Å²) in [6, 6.07) is 76.9. The van der Waals surface area contributed by atoms with Crippen LogP contribution in [0, 0.1) is 0 Å². The molecule has 0 aliphatic heterocycles. The number of fused-ring (bicyclic) bond motifs is 9. The molecule has 2 aromatic heterocycles. The molecule has 0 spiro atoms. The Bertz CT molecular complexity index is 3540. The van der Waals surface area contributed by atoms with Crippen LogP contribution in [0.25, 0.3) is 97.0 Å². The molecule has 0 saturated carbocycles. The molecule has 3 heteroatoms. The Labute approximate surface area is 345 Å². The van der Waals surface area contributed by atoms with Crippen molar-refractivity contribution in [2.24, 2.45) is 0 Å². The molecular formula is C56H35NOS. The highest BCUT2D eigenvalue weighted by atomic mass is 32.1. The zero-order chi connectivity index (χ0) is 38.9. The Morgan fingerprint density at radius 2 is 0.966 bits per heavy atom. The molecule has 0 radical (unpaired) electrons. The topological polar surface area (TPSA) is 16.4 Å². The Morgan fingerprint density at radius 3 is 1.81 bits per heavy atom. The van der Waals surface area contributed by atoms with Crippen LogP contribution in [0.1, 0.15) is 0 Å². The fraction of sp³-hybridized carbons (Fsp3) is 0. The van der Waals surface area contributed by atoms with Crippen molar-refractivity contribution in [1.82, 2.24) is 0 Å². The number of hydrogen-bond donors (Lipinski definition) is 0. The van der Waals surface area contributed by atoms with E-state index in [1.807, 2.05) is 11.3 Å². The Hall–Kier alpha value is -7.46. The lowest BCUT2D eigenvalue weighted by Crippen LogP contribution is -2.10. The van der Waals surface area contributed by atoms with Gasteiger partial charge in [-0.1, -0.05) is 158 Å². The highest BCUT2D eigenvalue weighted by molar-refractivity contribution is 7.25. The van der Waals surface area contributed by atoms with E-state index in [1.165, 1.54) is 64.0 Å². The van der Waals surface area contributed by atoms with Crippen molar-refractivity contribution in [3.05, 3.63) is 212 Å². The average Bonchev–Trinajstić information content (AvgIpc) is 3.89. The van der Waals surface area contributed by atoms with Crippen LogP contribution in [0.5, 0.6) is 0 Å². The first-order chi connectivity index (χ1) is 29.2. The van der Waals surface area contributed by atoms with Gasteiger partial charge in [0.2, 0.25) is 0 Å². The standard InChI is InChI=1S/C56H35NOS/c1-2-11-36(12-3-1)37-21-23-40(24-22-37)46-33-34-50(55-47-15-6-8-18-51(47)58-56(46)55)57(43-32-29-41-26-25-38-13-4-5-14-44(38)49(41)35-43)42-30-27-39(28-31-42)45-17-10-20-53-54(45)48-16-7-9-19-52(48)59-53/h1-35H. The van der Waals surface area contributed by atoms with Gasteiger partial charge in [0.05, 0.1) is 11.1 Å². The highest BCUT2D eigenvalue weighted by Crippen LogP contribution is 2.48. The molecule has 2 nitrogen and oxygen atoms in total. The maximum Gasteiger partial charge on any atom is 0.145 e. The quantitative estimate of drug-likeness (QED) is 0.157. The van der Waals surface area contributed by atoms with Crippen LogP contribution in [0.3, 0.4) is 0 Å². The zero-order valence-corrected chi connectivity index (χ0v) is 32.8. The number of thiophene rings is 1. The fourth-order valence-corrected chi connectivity index (χ4v) is 10.2. The van der Waals surface area contributed by atoms with Gasteiger partial charge in [0.25, 0.3) is 0 Å². The summed E-state index contributed by atoms with van der Waals surface area (Å²) in [5.74, 6) is 0. The van der Waals surface area contributed by atoms with Gasteiger partial charge in [-0.25, -0.2) is 0 Å². The third-order valence-corrected chi connectivity index (χ3v) is 13.0. The smallest absolute Gasteiger partial charge is 0.145 e. The Kier molecular flexibility index (Phi) is 7.75. The van der Waals surface area contributed by atoms with E-state index in [2.05, 4.69) is 217 Å². The lowest BCUT2D eigenvalue weighted by Gasteiger charge is -2.27. The SMILES string of the molecule is c1ccc(-c2ccc(-c3ccc(N(c4ccc(-c5cccc6sc7ccccc7c56)cc4)c4ccc5ccc6ccccc6c5c4)c4c3oc3ccccc34)cc2)cc1. The average molecular weight is 770 g/mol. The molecule has 0 bridgehead atoms. The molecule has 0 aliphatic carbocycles. The minimum atomic E-state index is 0.869. The molecule has 0 aliphatic rings. The summed E-state index contributed by atoms with van der Waals surface area (Å²) in [5, 5.41) is 9.71. The molecule has 59 heavy (non-hydrogen) atoms. The van der Waals surface area contributed by atoms with Crippen molar-refractivity contribution in [3.8, 4) is 33.4 Å². The molecular weight excluding hydrogens is 735 g/mol. The minimum Gasteiger partial charge on any atom is -0.455 e. The first-order valence-corrected chi connectivity index (χ1v) is 20.9. The van der Waals surface area contributed by atoms with E-state index in [4.69, 9.17) is 4.42 Å². The van der Waals surface area contributed by atoms with E-state index >= 15 is 0 Å². The number of furan rings is 1. The van der Waals surface area contributed by atoms with E-state index in [0.717, 1.165) is 50.1 Å². The predicted octanol–water partition coefficient (Wildman–Crippen LogP) is 16.7. The summed E-state index contributed by atoms with van der Waals surface area (Å²) in [4.78, 5) is 2.41. The molecule has 0 fully saturated rings. The second-order valence-electron chi connectivity index (χ2n) is 15.2. The third-order valence-electron chi connectivity index (χ3n) is 11.9. The van der Waals surface area contributed by atoms with Gasteiger partial charge < -0.3 is 9.32 Å². The van der Waals surface area contributed by atoms with Crippen LogP contribution >= 0.6 is 11.3 Å². The molecule has 0 atom stereocenters. The highest BCUT2D eigenvalue weighted by Gasteiger charge is 2.23. The zero-order valence-electron chi connectivity index (χ0n) is 32.0. The van der Waals surface area contributed by atoms with Gasteiger partial charge in [0.15, 0.2) is 0 Å². The number of para-hydroxylation sites is 1. The van der Waals surface area contributed by atoms with Crippen molar-refractivity contribution < 1.29 is 4.42 Å². The molecule has 2 heterocycles. The monoisotopic (exact) mass is 769 g/mol. The lowest BCUT2D eigenvalue weighted by molar-refractivity contribution is 0.670. The summed E-state index contributed by atoms with van der Waals surface area (Å²) in [7, 11) is 0. The summed E-state index contributed by atoms with van der Waals surface area (Å²) in [6.45, 7) is 0. The number of anilines is 3. The van der Waals surface area contributed by atoms with Crippen LogP contribution < -0.4 is 4.90 Å². The van der Waals surface area contributed by atoms with E-state index in [1.54, 1.807) is 0 Å². The van der Waals surface area contributed by atoms with Crippen molar-refractivity contribution in [2.75, 3.05) is 4.90 Å². The molecule has 12 rings (SSSR count). The van der Waals surface area contributed by atoms with E-state index in [9.17, 15) is 0 Å². The van der Waals surface area contributed by atoms with Gasteiger partial charge in [0.1, 0.15) is 11.2 Å². The van der Waals surface area contributed by atoms with Gasteiger partial charge in [-0.15, -0.1) is 11.3 Å². The van der Waals surface area contributed by atoms with Crippen molar-refractivity contribution in [2.45, 2.75) is 0 Å². The van der Waals surface area contributed by atoms with E-state index < -0.39 is 0 Å². The summed E-state index contributed by atoms with van der Waals surface area (Å²) < 4.78 is 9.48. The molecule has 0 N–H and O–H groups in total. The van der Waals surface area contributed by atoms with Gasteiger partial charge in [-0.2, -0.15) is 0 Å². The Balaban J connectivity index is 1.07. The second-order valence-corrected chi connectivity index (χ2v) is 16.3. The van der Waals surface area contributed by atoms with Crippen LogP contribution in [0.15, 0.2) is 217 Å². The molecule has 276 valence electrons. The number of nitrogens with zero attached hydrogens (tertiary/aromatic N) is 1.